The van der Waals surface area contributed by atoms with Gasteiger partial charge in [-0.1, -0.05) is 13.8 Å². The normalized spacial score (nSPS) is 11.7. The van der Waals surface area contributed by atoms with Crippen LogP contribution in [0.2, 0.25) is 0 Å². The highest BCUT2D eigenvalue weighted by Gasteiger charge is 2.12. The van der Waals surface area contributed by atoms with Gasteiger partial charge in [-0.2, -0.15) is 10.2 Å². The van der Waals surface area contributed by atoms with Crippen LogP contribution in [-0.2, 0) is 0 Å². The molecule has 0 aliphatic heterocycles. The van der Waals surface area contributed by atoms with Crippen LogP contribution < -0.4 is 0 Å². The molecule has 0 atom stereocenters. The predicted octanol–water partition coefficient (Wildman–Crippen LogP) is 1.72. The zero-order valence-electron chi connectivity index (χ0n) is 7.47. The van der Waals surface area contributed by atoms with E-state index in [9.17, 15) is 0 Å². The van der Waals surface area contributed by atoms with Gasteiger partial charge in [0.15, 0.2) is 0 Å². The second-order valence-electron chi connectivity index (χ2n) is 3.34. The van der Waals surface area contributed by atoms with E-state index in [1.807, 2.05) is 6.92 Å². The first kappa shape index (κ1) is 7.34. The Morgan fingerprint density at radius 1 is 1.17 bits per heavy atom. The van der Waals surface area contributed by atoms with Crippen molar-refractivity contribution in [1.82, 2.24) is 20.4 Å². The Labute approximate surface area is 70.4 Å². The first-order valence-electron chi connectivity index (χ1n) is 4.09. The maximum Gasteiger partial charge on any atom is 0.134 e. The van der Waals surface area contributed by atoms with Gasteiger partial charge in [0, 0.05) is 0 Å². The molecule has 2 heterocycles. The molecule has 0 amide bonds. The molecule has 0 aliphatic carbocycles. The average molecular weight is 164 g/mol. The van der Waals surface area contributed by atoms with E-state index in [1.165, 1.54) is 0 Å². The molecule has 2 rings (SSSR count). The molecule has 2 aromatic rings. The van der Waals surface area contributed by atoms with Crippen LogP contribution in [-0.4, -0.2) is 20.4 Å². The fraction of sp³-hybridized carbons (Fsp3) is 0.500. The lowest BCUT2D eigenvalue weighted by Gasteiger charge is -1.95. The fourth-order valence-corrected chi connectivity index (χ4v) is 1.32. The molecule has 0 aliphatic rings. The molecular formula is C8H12N4. The molecule has 4 heteroatoms. The van der Waals surface area contributed by atoms with Crippen LogP contribution in [0.25, 0.3) is 11.0 Å². The Morgan fingerprint density at radius 3 is 2.58 bits per heavy atom. The van der Waals surface area contributed by atoms with Crippen molar-refractivity contribution < 1.29 is 0 Å². The van der Waals surface area contributed by atoms with Gasteiger partial charge in [0.25, 0.3) is 0 Å². The minimum Gasteiger partial charge on any atom is -0.280 e. The van der Waals surface area contributed by atoms with Crippen molar-refractivity contribution >= 4 is 11.0 Å². The molecule has 0 spiro atoms. The lowest BCUT2D eigenvalue weighted by Crippen LogP contribution is -1.88. The minimum absolute atomic E-state index is 0.418. The lowest BCUT2D eigenvalue weighted by atomic mass is 10.1. The molecule has 0 unspecified atom stereocenters. The van der Waals surface area contributed by atoms with Gasteiger partial charge >= 0.3 is 0 Å². The van der Waals surface area contributed by atoms with E-state index in [4.69, 9.17) is 0 Å². The first-order valence-corrected chi connectivity index (χ1v) is 4.09. The molecule has 0 saturated carbocycles. The topological polar surface area (TPSA) is 57.4 Å². The van der Waals surface area contributed by atoms with Gasteiger partial charge in [-0.3, -0.25) is 10.2 Å². The average Bonchev–Trinajstić information content (AvgIpc) is 2.53. The van der Waals surface area contributed by atoms with Crippen LogP contribution in [0.4, 0.5) is 0 Å². The lowest BCUT2D eigenvalue weighted by molar-refractivity contribution is 0.810. The van der Waals surface area contributed by atoms with Crippen molar-refractivity contribution in [2.45, 2.75) is 26.7 Å². The highest BCUT2D eigenvalue weighted by atomic mass is 15.2. The van der Waals surface area contributed by atoms with Crippen molar-refractivity contribution in [2.75, 3.05) is 0 Å². The quantitative estimate of drug-likeness (QED) is 0.674. The predicted molar refractivity (Wildman–Crippen MR) is 47.1 cm³/mol. The molecule has 0 fully saturated rings. The number of nitrogens with one attached hydrogen (secondary N) is 2. The number of nitrogens with zero attached hydrogens (tertiary/aromatic N) is 2. The fourth-order valence-electron chi connectivity index (χ4n) is 1.32. The minimum atomic E-state index is 0.418. The van der Waals surface area contributed by atoms with Crippen molar-refractivity contribution in [3.05, 3.63) is 11.4 Å². The number of rotatable bonds is 1. The van der Waals surface area contributed by atoms with Gasteiger partial charge in [0.05, 0.1) is 11.4 Å². The molecule has 2 aromatic heterocycles. The van der Waals surface area contributed by atoms with Crippen LogP contribution >= 0.6 is 0 Å². The number of fused-ring (bicyclic) bond motifs is 1. The van der Waals surface area contributed by atoms with Crippen LogP contribution in [0.15, 0.2) is 0 Å². The van der Waals surface area contributed by atoms with Gasteiger partial charge in [-0.25, -0.2) is 0 Å². The van der Waals surface area contributed by atoms with Gasteiger partial charge in [0.2, 0.25) is 0 Å². The molecule has 4 nitrogen and oxygen atoms in total. The summed E-state index contributed by atoms with van der Waals surface area (Å²) in [6, 6.07) is 0. The molecule has 2 N–H and O–H groups in total. The van der Waals surface area contributed by atoms with E-state index < -0.39 is 0 Å². The van der Waals surface area contributed by atoms with E-state index in [-0.39, 0.29) is 0 Å². The third-order valence-corrected chi connectivity index (χ3v) is 2.02. The summed E-state index contributed by atoms with van der Waals surface area (Å²) in [6.07, 6.45) is 0. The van der Waals surface area contributed by atoms with Gasteiger partial charge in [-0.15, -0.1) is 0 Å². The zero-order valence-corrected chi connectivity index (χ0v) is 7.47. The van der Waals surface area contributed by atoms with Crippen LogP contribution in [0.1, 0.15) is 31.2 Å². The number of aromatic nitrogens is 4. The smallest absolute Gasteiger partial charge is 0.134 e. The highest BCUT2D eigenvalue weighted by molar-refractivity contribution is 5.79. The van der Waals surface area contributed by atoms with E-state index >= 15 is 0 Å². The molecular weight excluding hydrogens is 152 g/mol. The number of hydrogen-bond acceptors (Lipinski definition) is 2. The van der Waals surface area contributed by atoms with Gasteiger partial charge in [0.1, 0.15) is 11.0 Å². The summed E-state index contributed by atoms with van der Waals surface area (Å²) in [7, 11) is 0. The maximum absolute atomic E-state index is 4.21. The van der Waals surface area contributed by atoms with Gasteiger partial charge in [-0.05, 0) is 12.8 Å². The number of aryl methyl sites for hydroxylation is 1. The summed E-state index contributed by atoms with van der Waals surface area (Å²) < 4.78 is 0. The monoisotopic (exact) mass is 164 g/mol. The van der Waals surface area contributed by atoms with Crippen molar-refractivity contribution in [2.24, 2.45) is 0 Å². The molecule has 0 radical (unpaired) electrons. The molecule has 0 saturated heterocycles. The molecule has 12 heavy (non-hydrogen) atoms. The second-order valence-corrected chi connectivity index (χ2v) is 3.34. The van der Waals surface area contributed by atoms with Crippen molar-refractivity contribution in [3.8, 4) is 0 Å². The van der Waals surface area contributed by atoms with E-state index in [0.717, 1.165) is 22.4 Å². The Balaban J connectivity index is 2.71. The Bertz CT molecular complexity index is 396. The second kappa shape index (κ2) is 2.33. The van der Waals surface area contributed by atoms with Gasteiger partial charge < -0.3 is 0 Å². The van der Waals surface area contributed by atoms with Crippen molar-refractivity contribution in [1.29, 1.82) is 0 Å². The van der Waals surface area contributed by atoms with Crippen molar-refractivity contribution in [3.63, 3.8) is 0 Å². The number of aromatic amines is 2. The van der Waals surface area contributed by atoms with Crippen LogP contribution in [0, 0.1) is 6.92 Å². The summed E-state index contributed by atoms with van der Waals surface area (Å²) in [5.41, 5.74) is 4.08. The van der Waals surface area contributed by atoms with Crippen LogP contribution in [0.3, 0.4) is 0 Å². The molecule has 0 bridgehead atoms. The Kier molecular flexibility index (Phi) is 1.43. The van der Waals surface area contributed by atoms with E-state index in [0.29, 0.717) is 5.92 Å². The van der Waals surface area contributed by atoms with E-state index in [2.05, 4.69) is 34.2 Å². The van der Waals surface area contributed by atoms with E-state index in [1.54, 1.807) is 0 Å². The molecule has 64 valence electrons. The summed E-state index contributed by atoms with van der Waals surface area (Å²) in [4.78, 5) is 0. The maximum atomic E-state index is 4.21. The first-order chi connectivity index (χ1) is 5.70. The van der Waals surface area contributed by atoms with Crippen LogP contribution in [0.5, 0.6) is 0 Å². The standard InChI is InChI=1S/C8H12N4/c1-4(2)6-8-7(11-10-6)5(3)9-12-8/h4H,1-3H3,(H,9,12)(H,10,11). The summed E-state index contributed by atoms with van der Waals surface area (Å²) in [5, 5.41) is 14.3. The SMILES string of the molecule is Cc1[nH]nc2c(C(C)C)n[nH]c12. The Hall–Kier alpha value is -1.32. The largest absolute Gasteiger partial charge is 0.280 e. The summed E-state index contributed by atoms with van der Waals surface area (Å²) in [6.45, 7) is 6.21. The summed E-state index contributed by atoms with van der Waals surface area (Å²) >= 11 is 0. The zero-order chi connectivity index (χ0) is 8.72. The number of H-pyrrole nitrogens is 2. The third kappa shape index (κ3) is 0.841. The molecule has 0 aromatic carbocycles. The summed E-state index contributed by atoms with van der Waals surface area (Å²) in [5.74, 6) is 0.418. The highest BCUT2D eigenvalue weighted by Crippen LogP contribution is 2.21. The number of hydrogen-bond donors (Lipinski definition) is 2. The Morgan fingerprint density at radius 2 is 1.92 bits per heavy atom. The third-order valence-electron chi connectivity index (χ3n) is 2.02.